The van der Waals surface area contributed by atoms with Crippen LogP contribution in [0.25, 0.3) is 0 Å². The third-order valence-corrected chi connectivity index (χ3v) is 5.13. The highest BCUT2D eigenvalue weighted by Crippen LogP contribution is 2.13. The fraction of sp³-hybridized carbons (Fsp3) is 0.667. The molecular formula is C9H16N2O2S2. The second kappa shape index (κ2) is 4.59. The molecule has 0 aliphatic heterocycles. The molecule has 0 saturated carbocycles. The summed E-state index contributed by atoms with van der Waals surface area (Å²) in [5.41, 5.74) is 2.71. The van der Waals surface area contributed by atoms with E-state index in [0.29, 0.717) is 13.1 Å². The molecule has 1 aromatic heterocycles. The maximum atomic E-state index is 11.4. The molecule has 4 nitrogen and oxygen atoms in total. The Morgan fingerprint density at radius 2 is 2.20 bits per heavy atom. The lowest BCUT2D eigenvalue weighted by Gasteiger charge is -2.22. The quantitative estimate of drug-likeness (QED) is 0.846. The van der Waals surface area contributed by atoms with Crippen LogP contribution in [-0.2, 0) is 16.4 Å². The van der Waals surface area contributed by atoms with Crippen molar-refractivity contribution in [2.45, 2.75) is 25.1 Å². The van der Waals surface area contributed by atoms with Crippen LogP contribution >= 0.6 is 11.3 Å². The van der Waals surface area contributed by atoms with E-state index in [0.717, 1.165) is 5.69 Å². The topological polar surface area (TPSA) is 59.1 Å². The number of nitrogens with one attached hydrogen (secondary N) is 1. The average Bonchev–Trinajstić information content (AvgIpc) is 2.54. The minimum absolute atomic E-state index is 0.434. The Labute approximate surface area is 94.7 Å². The smallest absolute Gasteiger partial charge is 0.153 e. The molecule has 1 N–H and O–H groups in total. The van der Waals surface area contributed by atoms with E-state index < -0.39 is 14.6 Å². The first-order valence-electron chi connectivity index (χ1n) is 4.60. The molecule has 86 valence electrons. The minimum Gasteiger partial charge on any atom is -0.310 e. The highest BCUT2D eigenvalue weighted by atomic mass is 32.2. The normalized spacial score (nSPS) is 13.0. The molecule has 0 aromatic carbocycles. The van der Waals surface area contributed by atoms with Crippen LogP contribution in [0.2, 0.25) is 0 Å². The molecule has 0 radical (unpaired) electrons. The number of nitrogens with zero attached hydrogens (tertiary/aromatic N) is 1. The van der Waals surface area contributed by atoms with Gasteiger partial charge in [-0.25, -0.2) is 13.4 Å². The number of aromatic nitrogens is 1. The van der Waals surface area contributed by atoms with Gasteiger partial charge in [0.05, 0.1) is 16.0 Å². The lowest BCUT2D eigenvalue weighted by Crippen LogP contribution is -2.41. The lowest BCUT2D eigenvalue weighted by atomic mass is 10.2. The summed E-state index contributed by atoms with van der Waals surface area (Å²) in [6.45, 7) is 4.48. The third-order valence-electron chi connectivity index (χ3n) is 2.34. The summed E-state index contributed by atoms with van der Waals surface area (Å²) in [4.78, 5) is 4.10. The SMILES string of the molecule is CC(C)(CNCc1cscn1)S(C)(=O)=O. The second-order valence-electron chi connectivity index (χ2n) is 4.12. The summed E-state index contributed by atoms with van der Waals surface area (Å²) < 4.78 is 22.1. The van der Waals surface area contributed by atoms with E-state index in [-0.39, 0.29) is 0 Å². The standard InChI is InChI=1S/C9H16N2O2S2/c1-9(2,15(3,12)13)6-10-4-8-5-14-7-11-8/h5,7,10H,4,6H2,1-3H3. The molecule has 1 aromatic rings. The molecule has 0 fully saturated rings. The number of hydrogen-bond acceptors (Lipinski definition) is 5. The largest absolute Gasteiger partial charge is 0.310 e. The van der Waals surface area contributed by atoms with Crippen LogP contribution in [0.5, 0.6) is 0 Å². The van der Waals surface area contributed by atoms with Gasteiger partial charge in [0.2, 0.25) is 0 Å². The molecule has 0 aliphatic rings. The summed E-state index contributed by atoms with van der Waals surface area (Å²) in [6, 6.07) is 0. The van der Waals surface area contributed by atoms with E-state index in [1.165, 1.54) is 17.6 Å². The van der Waals surface area contributed by atoms with Gasteiger partial charge in [-0.05, 0) is 13.8 Å². The predicted octanol–water partition coefficient (Wildman–Crippen LogP) is 1.06. The zero-order valence-electron chi connectivity index (χ0n) is 9.15. The van der Waals surface area contributed by atoms with Gasteiger partial charge in [-0.2, -0.15) is 0 Å². The molecule has 0 saturated heterocycles. The summed E-state index contributed by atoms with van der Waals surface area (Å²) in [7, 11) is -3.02. The summed E-state index contributed by atoms with van der Waals surface area (Å²) in [6.07, 6.45) is 1.26. The molecule has 0 spiro atoms. The van der Waals surface area contributed by atoms with E-state index >= 15 is 0 Å². The fourth-order valence-corrected chi connectivity index (χ4v) is 1.87. The zero-order valence-corrected chi connectivity index (χ0v) is 10.8. The molecule has 0 bridgehead atoms. The van der Waals surface area contributed by atoms with Crippen molar-refractivity contribution in [2.75, 3.05) is 12.8 Å². The van der Waals surface area contributed by atoms with Gasteiger partial charge in [-0.15, -0.1) is 11.3 Å². The zero-order chi connectivity index (χ0) is 11.5. The van der Waals surface area contributed by atoms with Gasteiger partial charge in [0.1, 0.15) is 0 Å². The van der Waals surface area contributed by atoms with Crippen molar-refractivity contribution in [1.29, 1.82) is 0 Å². The number of thiazole rings is 1. The van der Waals surface area contributed by atoms with Crippen molar-refractivity contribution in [1.82, 2.24) is 10.3 Å². The molecule has 0 aliphatic carbocycles. The minimum atomic E-state index is -3.02. The van der Waals surface area contributed by atoms with Crippen molar-refractivity contribution in [3.63, 3.8) is 0 Å². The van der Waals surface area contributed by atoms with Crippen molar-refractivity contribution < 1.29 is 8.42 Å². The van der Waals surface area contributed by atoms with Crippen LogP contribution in [0.3, 0.4) is 0 Å². The number of hydrogen-bond donors (Lipinski definition) is 1. The Bertz CT molecular complexity index is 396. The molecule has 0 unspecified atom stereocenters. The summed E-state index contributed by atoms with van der Waals surface area (Å²) in [5.74, 6) is 0. The van der Waals surface area contributed by atoms with E-state index in [1.807, 2.05) is 5.38 Å². The first kappa shape index (κ1) is 12.6. The summed E-state index contributed by atoms with van der Waals surface area (Å²) in [5, 5.41) is 5.04. The molecule has 0 amide bonds. The van der Waals surface area contributed by atoms with E-state index in [2.05, 4.69) is 10.3 Å². The van der Waals surface area contributed by atoms with Crippen molar-refractivity contribution in [3.8, 4) is 0 Å². The van der Waals surface area contributed by atoms with Gasteiger partial charge in [0.25, 0.3) is 0 Å². The van der Waals surface area contributed by atoms with Crippen LogP contribution in [0.1, 0.15) is 19.5 Å². The highest BCUT2D eigenvalue weighted by Gasteiger charge is 2.29. The van der Waals surface area contributed by atoms with Gasteiger partial charge in [-0.3, -0.25) is 0 Å². The monoisotopic (exact) mass is 248 g/mol. The molecule has 6 heteroatoms. The van der Waals surface area contributed by atoms with Crippen molar-refractivity contribution in [3.05, 3.63) is 16.6 Å². The Hall–Kier alpha value is -0.460. The van der Waals surface area contributed by atoms with Crippen LogP contribution in [-0.4, -0.2) is 30.9 Å². The van der Waals surface area contributed by atoms with Crippen LogP contribution < -0.4 is 5.32 Å². The van der Waals surface area contributed by atoms with Gasteiger partial charge < -0.3 is 5.32 Å². The number of rotatable bonds is 5. The van der Waals surface area contributed by atoms with Crippen molar-refractivity contribution >= 4 is 21.2 Å². The van der Waals surface area contributed by atoms with Gasteiger partial charge >= 0.3 is 0 Å². The van der Waals surface area contributed by atoms with Gasteiger partial charge in [-0.1, -0.05) is 0 Å². The third kappa shape index (κ3) is 3.55. The van der Waals surface area contributed by atoms with Crippen LogP contribution in [0.15, 0.2) is 10.9 Å². The molecule has 15 heavy (non-hydrogen) atoms. The lowest BCUT2D eigenvalue weighted by molar-refractivity contribution is 0.520. The first-order valence-corrected chi connectivity index (χ1v) is 7.44. The molecule has 1 heterocycles. The fourth-order valence-electron chi connectivity index (χ4n) is 0.948. The summed E-state index contributed by atoms with van der Waals surface area (Å²) >= 11 is 1.53. The number of sulfone groups is 1. The molecule has 1 rings (SSSR count). The maximum Gasteiger partial charge on any atom is 0.153 e. The van der Waals surface area contributed by atoms with Gasteiger partial charge in [0.15, 0.2) is 9.84 Å². The van der Waals surface area contributed by atoms with E-state index in [1.54, 1.807) is 19.4 Å². The molecule has 0 atom stereocenters. The molecular weight excluding hydrogens is 232 g/mol. The Balaban J connectivity index is 2.44. The van der Waals surface area contributed by atoms with Crippen molar-refractivity contribution in [2.24, 2.45) is 0 Å². The van der Waals surface area contributed by atoms with Gasteiger partial charge in [0, 0.05) is 24.7 Å². The van der Waals surface area contributed by atoms with E-state index in [4.69, 9.17) is 0 Å². The Morgan fingerprint density at radius 3 is 2.67 bits per heavy atom. The Morgan fingerprint density at radius 1 is 1.53 bits per heavy atom. The van der Waals surface area contributed by atoms with Crippen LogP contribution in [0.4, 0.5) is 0 Å². The Kier molecular flexibility index (Phi) is 3.86. The van der Waals surface area contributed by atoms with Crippen LogP contribution in [0, 0.1) is 0 Å². The van der Waals surface area contributed by atoms with E-state index in [9.17, 15) is 8.42 Å². The highest BCUT2D eigenvalue weighted by molar-refractivity contribution is 7.92. The first-order chi connectivity index (χ1) is 6.83. The predicted molar refractivity (Wildman–Crippen MR) is 62.7 cm³/mol. The average molecular weight is 248 g/mol. The maximum absolute atomic E-state index is 11.4. The second-order valence-corrected chi connectivity index (χ2v) is 7.48.